The third-order valence-corrected chi connectivity index (χ3v) is 2.68. The van der Waals surface area contributed by atoms with Crippen LogP contribution in [-0.4, -0.2) is 34.3 Å². The smallest absolute Gasteiger partial charge is 0.341 e. The zero-order valence-electron chi connectivity index (χ0n) is 10.7. The number of amides is 1. The van der Waals surface area contributed by atoms with Crippen LogP contribution in [0.3, 0.4) is 0 Å². The zero-order valence-corrected chi connectivity index (χ0v) is 10.7. The summed E-state index contributed by atoms with van der Waals surface area (Å²) in [6.45, 7) is 0. The Balaban J connectivity index is 2.09. The Morgan fingerprint density at radius 2 is 2.15 bits per heavy atom. The van der Waals surface area contributed by atoms with Crippen molar-refractivity contribution in [2.75, 3.05) is 12.4 Å². The van der Waals surface area contributed by atoms with E-state index in [2.05, 4.69) is 15.5 Å². The quantitative estimate of drug-likeness (QED) is 0.762. The highest BCUT2D eigenvalue weighted by Crippen LogP contribution is 2.18. The molecule has 1 aromatic heterocycles. The van der Waals surface area contributed by atoms with Crippen LogP contribution < -0.4 is 10.1 Å². The molecule has 0 saturated carbocycles. The van der Waals surface area contributed by atoms with Gasteiger partial charge in [0.25, 0.3) is 0 Å². The number of nitrogens with one attached hydrogen (secondary N) is 2. The van der Waals surface area contributed by atoms with Gasteiger partial charge in [-0.3, -0.25) is 9.89 Å². The molecule has 0 aliphatic rings. The van der Waals surface area contributed by atoms with Crippen molar-refractivity contribution in [1.29, 1.82) is 0 Å². The number of rotatable bonds is 5. The number of carboxylic acids is 1. The van der Waals surface area contributed by atoms with Crippen LogP contribution in [0.25, 0.3) is 0 Å². The Morgan fingerprint density at radius 1 is 1.40 bits per heavy atom. The number of carbonyl (C=O) groups is 2. The molecule has 20 heavy (non-hydrogen) atoms. The lowest BCUT2D eigenvalue weighted by Gasteiger charge is -2.08. The van der Waals surface area contributed by atoms with E-state index < -0.39 is 5.97 Å². The van der Waals surface area contributed by atoms with Crippen molar-refractivity contribution in [2.45, 2.75) is 6.42 Å². The predicted molar refractivity (Wildman–Crippen MR) is 70.9 cm³/mol. The van der Waals surface area contributed by atoms with Gasteiger partial charge in [-0.1, -0.05) is 18.2 Å². The van der Waals surface area contributed by atoms with Crippen molar-refractivity contribution in [3.63, 3.8) is 0 Å². The van der Waals surface area contributed by atoms with Crippen LogP contribution >= 0.6 is 0 Å². The van der Waals surface area contributed by atoms with E-state index in [1.54, 1.807) is 24.3 Å². The second-order valence-electron chi connectivity index (χ2n) is 4.00. The zero-order chi connectivity index (χ0) is 14.5. The number of anilines is 1. The molecule has 7 nitrogen and oxygen atoms in total. The van der Waals surface area contributed by atoms with E-state index in [9.17, 15) is 9.59 Å². The minimum Gasteiger partial charge on any atom is -0.496 e. The standard InChI is InChI=1S/C13H13N3O4/c1-20-10-5-3-2-4-8(10)6-11(17)15-12-9(13(18)19)7-14-16-12/h2-5,7H,6H2,1H3,(H,18,19)(H2,14,15,16,17). The maximum Gasteiger partial charge on any atom is 0.341 e. The van der Waals surface area contributed by atoms with Crippen LogP contribution in [0.5, 0.6) is 5.75 Å². The van der Waals surface area contributed by atoms with E-state index in [0.29, 0.717) is 11.3 Å². The summed E-state index contributed by atoms with van der Waals surface area (Å²) in [5.74, 6) is -0.851. The van der Waals surface area contributed by atoms with E-state index in [1.165, 1.54) is 7.11 Å². The molecule has 0 atom stereocenters. The average molecular weight is 275 g/mol. The largest absolute Gasteiger partial charge is 0.496 e. The molecule has 0 spiro atoms. The summed E-state index contributed by atoms with van der Waals surface area (Å²) < 4.78 is 5.15. The topological polar surface area (TPSA) is 104 Å². The molecule has 2 aromatic rings. The number of methoxy groups -OCH3 is 1. The van der Waals surface area contributed by atoms with Gasteiger partial charge in [0.05, 0.1) is 19.7 Å². The Kier molecular flexibility index (Phi) is 3.99. The van der Waals surface area contributed by atoms with Crippen LogP contribution in [0.15, 0.2) is 30.5 Å². The normalized spacial score (nSPS) is 10.1. The fraction of sp³-hybridized carbons (Fsp3) is 0.154. The van der Waals surface area contributed by atoms with Crippen molar-refractivity contribution < 1.29 is 19.4 Å². The molecule has 0 fully saturated rings. The van der Waals surface area contributed by atoms with Gasteiger partial charge in [-0.15, -0.1) is 0 Å². The molecule has 0 aliphatic carbocycles. The fourth-order valence-corrected chi connectivity index (χ4v) is 1.75. The predicted octanol–water partition coefficient (Wildman–Crippen LogP) is 1.30. The SMILES string of the molecule is COc1ccccc1CC(=O)Nc1[nH]ncc1C(=O)O. The number of aromatic carboxylic acids is 1. The molecular weight excluding hydrogens is 262 g/mol. The summed E-state index contributed by atoms with van der Waals surface area (Å²) >= 11 is 0. The molecule has 1 amide bonds. The monoisotopic (exact) mass is 275 g/mol. The van der Waals surface area contributed by atoms with Crippen LogP contribution in [-0.2, 0) is 11.2 Å². The van der Waals surface area contributed by atoms with Crippen molar-refractivity contribution in [1.82, 2.24) is 10.2 Å². The number of carboxylic acid groups (broad SMARTS) is 1. The highest BCUT2D eigenvalue weighted by atomic mass is 16.5. The van der Waals surface area contributed by atoms with Gasteiger partial charge in [-0.25, -0.2) is 4.79 Å². The first-order valence-electron chi connectivity index (χ1n) is 5.80. The molecule has 3 N–H and O–H groups in total. The number of carbonyl (C=O) groups excluding carboxylic acids is 1. The summed E-state index contributed by atoms with van der Waals surface area (Å²) in [5.41, 5.74) is 0.627. The van der Waals surface area contributed by atoms with E-state index in [4.69, 9.17) is 9.84 Å². The van der Waals surface area contributed by atoms with Crippen molar-refractivity contribution in [2.24, 2.45) is 0 Å². The lowest BCUT2D eigenvalue weighted by Crippen LogP contribution is -2.17. The molecule has 2 rings (SSSR count). The maximum absolute atomic E-state index is 11.9. The molecule has 0 aliphatic heterocycles. The summed E-state index contributed by atoms with van der Waals surface area (Å²) in [5, 5.41) is 17.4. The molecule has 1 aromatic carbocycles. The summed E-state index contributed by atoms with van der Waals surface area (Å²) in [6, 6.07) is 7.12. The Morgan fingerprint density at radius 3 is 2.85 bits per heavy atom. The van der Waals surface area contributed by atoms with E-state index in [0.717, 1.165) is 6.20 Å². The summed E-state index contributed by atoms with van der Waals surface area (Å²) in [6.07, 6.45) is 1.21. The first-order chi connectivity index (χ1) is 9.61. The molecule has 104 valence electrons. The van der Waals surface area contributed by atoms with Crippen molar-refractivity contribution >= 4 is 17.7 Å². The minimum absolute atomic E-state index is 0.0670. The Labute approximate surface area is 114 Å². The maximum atomic E-state index is 11.9. The number of benzene rings is 1. The number of para-hydroxylation sites is 1. The summed E-state index contributed by atoms with van der Waals surface area (Å²) in [7, 11) is 1.52. The van der Waals surface area contributed by atoms with Gasteiger partial charge >= 0.3 is 5.97 Å². The molecule has 0 radical (unpaired) electrons. The third-order valence-electron chi connectivity index (χ3n) is 2.68. The minimum atomic E-state index is -1.16. The molecule has 0 unspecified atom stereocenters. The Hall–Kier alpha value is -2.83. The van der Waals surface area contributed by atoms with Crippen LogP contribution in [0.4, 0.5) is 5.82 Å². The van der Waals surface area contributed by atoms with Gasteiger partial charge in [0.2, 0.25) is 5.91 Å². The third kappa shape index (κ3) is 2.94. The van der Waals surface area contributed by atoms with Crippen molar-refractivity contribution in [3.8, 4) is 5.75 Å². The van der Waals surface area contributed by atoms with E-state index in [1.807, 2.05) is 0 Å². The van der Waals surface area contributed by atoms with Crippen LogP contribution in [0, 0.1) is 0 Å². The van der Waals surface area contributed by atoms with Gasteiger partial charge in [0.15, 0.2) is 0 Å². The lowest BCUT2D eigenvalue weighted by molar-refractivity contribution is -0.115. The summed E-state index contributed by atoms with van der Waals surface area (Å²) in [4.78, 5) is 22.8. The first kappa shape index (κ1) is 13.6. The molecule has 7 heteroatoms. The van der Waals surface area contributed by atoms with E-state index in [-0.39, 0.29) is 23.7 Å². The first-order valence-corrected chi connectivity index (χ1v) is 5.80. The fourth-order valence-electron chi connectivity index (χ4n) is 1.75. The number of ether oxygens (including phenoxy) is 1. The van der Waals surface area contributed by atoms with Gasteiger partial charge in [-0.2, -0.15) is 5.10 Å². The lowest BCUT2D eigenvalue weighted by atomic mass is 10.1. The number of hydrogen-bond acceptors (Lipinski definition) is 4. The number of aromatic amines is 1. The van der Waals surface area contributed by atoms with Gasteiger partial charge in [-0.05, 0) is 6.07 Å². The van der Waals surface area contributed by atoms with Gasteiger partial charge in [0, 0.05) is 5.56 Å². The number of aromatic nitrogens is 2. The molecule has 0 bridgehead atoms. The number of hydrogen-bond donors (Lipinski definition) is 3. The highest BCUT2D eigenvalue weighted by molar-refractivity contribution is 5.99. The second-order valence-corrected chi connectivity index (χ2v) is 4.00. The van der Waals surface area contributed by atoms with Gasteiger partial charge < -0.3 is 15.2 Å². The molecular formula is C13H13N3O4. The number of nitrogens with zero attached hydrogens (tertiary/aromatic N) is 1. The second kappa shape index (κ2) is 5.87. The van der Waals surface area contributed by atoms with E-state index >= 15 is 0 Å². The van der Waals surface area contributed by atoms with Crippen LogP contribution in [0.2, 0.25) is 0 Å². The highest BCUT2D eigenvalue weighted by Gasteiger charge is 2.15. The average Bonchev–Trinajstić information content (AvgIpc) is 2.87. The van der Waals surface area contributed by atoms with Crippen LogP contribution in [0.1, 0.15) is 15.9 Å². The van der Waals surface area contributed by atoms with Gasteiger partial charge in [0.1, 0.15) is 17.1 Å². The number of H-pyrrole nitrogens is 1. The molecule has 1 heterocycles. The van der Waals surface area contributed by atoms with Crippen molar-refractivity contribution in [3.05, 3.63) is 41.6 Å². The molecule has 0 saturated heterocycles. The Bertz CT molecular complexity index is 636.